The van der Waals surface area contributed by atoms with Crippen LogP contribution < -0.4 is 9.47 Å². The van der Waals surface area contributed by atoms with Crippen LogP contribution in [0.2, 0.25) is 0 Å². The van der Waals surface area contributed by atoms with E-state index in [9.17, 15) is 5.26 Å². The van der Waals surface area contributed by atoms with Crippen molar-refractivity contribution >= 4 is 32.3 Å². The van der Waals surface area contributed by atoms with Crippen molar-refractivity contribution in [1.82, 2.24) is 4.57 Å². The predicted octanol–water partition coefficient (Wildman–Crippen LogP) is 4.95. The summed E-state index contributed by atoms with van der Waals surface area (Å²) < 4.78 is 13.9. The lowest BCUT2D eigenvalue weighted by Crippen LogP contribution is -1.89. The molecule has 0 N–H and O–H groups in total. The zero-order valence-electron chi connectivity index (χ0n) is 14.2. The summed E-state index contributed by atoms with van der Waals surface area (Å²) in [6.45, 7) is 0. The van der Waals surface area contributed by atoms with E-state index in [1.807, 2.05) is 31.3 Å². The van der Waals surface area contributed by atoms with E-state index in [1.165, 1.54) is 0 Å². The van der Waals surface area contributed by atoms with Crippen LogP contribution in [0.3, 0.4) is 0 Å². The maximum atomic E-state index is 9.81. The fraction of sp³-hybridized carbons (Fsp3) is 0.150. The van der Waals surface area contributed by atoms with Gasteiger partial charge in [0.1, 0.15) is 6.07 Å². The first-order valence-corrected chi connectivity index (χ1v) is 8.62. The lowest BCUT2D eigenvalue weighted by Gasteiger charge is -2.06. The molecule has 4 rings (SSSR count). The molecule has 0 saturated heterocycles. The monoisotopic (exact) mass is 348 g/mol. The van der Waals surface area contributed by atoms with Gasteiger partial charge in [0.2, 0.25) is 0 Å². The summed E-state index contributed by atoms with van der Waals surface area (Å²) in [5, 5.41) is 11.9. The molecule has 0 unspecified atom stereocenters. The number of aromatic nitrogens is 1. The molecule has 0 radical (unpaired) electrons. The smallest absolute Gasteiger partial charge is 0.162 e. The molecule has 0 fully saturated rings. The molecule has 25 heavy (non-hydrogen) atoms. The summed E-state index contributed by atoms with van der Waals surface area (Å²) in [6.07, 6.45) is 2.09. The van der Waals surface area contributed by atoms with Crippen molar-refractivity contribution in [3.8, 4) is 28.0 Å². The minimum Gasteiger partial charge on any atom is -0.493 e. The van der Waals surface area contributed by atoms with E-state index >= 15 is 0 Å². The Bertz CT molecular complexity index is 1150. The van der Waals surface area contributed by atoms with Crippen LogP contribution in [0.4, 0.5) is 0 Å². The van der Waals surface area contributed by atoms with Gasteiger partial charge in [-0.3, -0.25) is 0 Å². The molecule has 2 aromatic heterocycles. The summed E-state index contributed by atoms with van der Waals surface area (Å²) in [4.78, 5) is 0.976. The second-order valence-electron chi connectivity index (χ2n) is 5.79. The summed E-state index contributed by atoms with van der Waals surface area (Å²) in [7, 11) is 5.25. The molecule has 0 aliphatic carbocycles. The Hall–Kier alpha value is -2.97. The van der Waals surface area contributed by atoms with E-state index in [1.54, 1.807) is 25.6 Å². The van der Waals surface area contributed by atoms with Crippen LogP contribution in [-0.4, -0.2) is 18.8 Å². The lowest BCUT2D eigenvalue weighted by molar-refractivity contribution is 0.356. The molecule has 0 atom stereocenters. The zero-order chi connectivity index (χ0) is 17.6. The van der Waals surface area contributed by atoms with Crippen molar-refractivity contribution in [2.45, 2.75) is 0 Å². The van der Waals surface area contributed by atoms with Crippen molar-refractivity contribution in [2.24, 2.45) is 7.05 Å². The SMILES string of the molecule is COc1cc2sc(-c3cn(C)c4ccccc34)c(C#N)c2cc1OC. The number of aryl methyl sites for hydroxylation is 1. The van der Waals surface area contributed by atoms with Gasteiger partial charge in [0.05, 0.1) is 24.7 Å². The van der Waals surface area contributed by atoms with Gasteiger partial charge in [0.25, 0.3) is 0 Å². The third kappa shape index (κ3) is 2.26. The molecule has 0 bridgehead atoms. The molecule has 124 valence electrons. The highest BCUT2D eigenvalue weighted by molar-refractivity contribution is 7.22. The van der Waals surface area contributed by atoms with Gasteiger partial charge >= 0.3 is 0 Å². The van der Waals surface area contributed by atoms with Crippen molar-refractivity contribution < 1.29 is 9.47 Å². The maximum absolute atomic E-state index is 9.81. The van der Waals surface area contributed by atoms with E-state index in [-0.39, 0.29) is 0 Å². The minimum atomic E-state index is 0.633. The number of hydrogen-bond acceptors (Lipinski definition) is 4. The van der Waals surface area contributed by atoms with Crippen LogP contribution in [0.1, 0.15) is 5.56 Å². The third-order valence-corrected chi connectivity index (χ3v) is 5.63. The average molecular weight is 348 g/mol. The fourth-order valence-corrected chi connectivity index (χ4v) is 4.43. The second-order valence-corrected chi connectivity index (χ2v) is 6.84. The van der Waals surface area contributed by atoms with Gasteiger partial charge in [-0.25, -0.2) is 0 Å². The van der Waals surface area contributed by atoms with Gasteiger partial charge in [0, 0.05) is 45.9 Å². The number of para-hydroxylation sites is 1. The third-order valence-electron chi connectivity index (χ3n) is 4.45. The molecule has 4 aromatic rings. The predicted molar refractivity (Wildman–Crippen MR) is 102 cm³/mol. The number of hydrogen-bond donors (Lipinski definition) is 0. The minimum absolute atomic E-state index is 0.633. The zero-order valence-corrected chi connectivity index (χ0v) is 15.0. The molecule has 2 aromatic carbocycles. The number of ether oxygens (including phenoxy) is 2. The molecular formula is C20H16N2O2S. The van der Waals surface area contributed by atoms with Crippen LogP contribution in [0.25, 0.3) is 31.4 Å². The number of rotatable bonds is 3. The molecule has 2 heterocycles. The van der Waals surface area contributed by atoms with Gasteiger partial charge < -0.3 is 14.0 Å². The van der Waals surface area contributed by atoms with E-state index in [4.69, 9.17) is 9.47 Å². The van der Waals surface area contributed by atoms with E-state index in [0.717, 1.165) is 31.4 Å². The van der Waals surface area contributed by atoms with Crippen LogP contribution in [-0.2, 0) is 7.05 Å². The molecule has 0 amide bonds. The van der Waals surface area contributed by atoms with Gasteiger partial charge in [-0.2, -0.15) is 5.26 Å². The Balaban J connectivity index is 2.06. The Labute approximate surface area is 149 Å². The first-order valence-electron chi connectivity index (χ1n) is 7.81. The molecule has 0 saturated carbocycles. The standard InChI is InChI=1S/C20H16N2O2S/c1-22-11-15(12-6-4-5-7-16(12)22)20-14(10-21)13-8-17(23-2)18(24-3)9-19(13)25-20/h4-9,11H,1-3H3. The quantitative estimate of drug-likeness (QED) is 0.526. The molecule has 5 heteroatoms. The highest BCUT2D eigenvalue weighted by Crippen LogP contribution is 2.45. The number of methoxy groups -OCH3 is 2. The summed E-state index contributed by atoms with van der Waals surface area (Å²) >= 11 is 1.61. The Morgan fingerprint density at radius 2 is 1.76 bits per heavy atom. The number of nitrogens with zero attached hydrogens (tertiary/aromatic N) is 2. The van der Waals surface area contributed by atoms with Crippen LogP contribution in [0.15, 0.2) is 42.6 Å². The van der Waals surface area contributed by atoms with Crippen molar-refractivity contribution in [1.29, 1.82) is 5.26 Å². The second kappa shape index (κ2) is 5.83. The van der Waals surface area contributed by atoms with E-state index in [0.29, 0.717) is 17.1 Å². The summed E-state index contributed by atoms with van der Waals surface area (Å²) in [5.74, 6) is 1.30. The van der Waals surface area contributed by atoms with Crippen LogP contribution >= 0.6 is 11.3 Å². The van der Waals surface area contributed by atoms with Crippen molar-refractivity contribution in [3.05, 3.63) is 48.2 Å². The first-order chi connectivity index (χ1) is 12.2. The Morgan fingerprint density at radius 3 is 2.48 bits per heavy atom. The fourth-order valence-electron chi connectivity index (χ4n) is 3.25. The lowest BCUT2D eigenvalue weighted by atomic mass is 10.1. The molecule has 0 aliphatic heterocycles. The maximum Gasteiger partial charge on any atom is 0.162 e. The van der Waals surface area contributed by atoms with Gasteiger partial charge in [-0.05, 0) is 12.1 Å². The van der Waals surface area contributed by atoms with Gasteiger partial charge in [-0.15, -0.1) is 11.3 Å². The molecule has 4 nitrogen and oxygen atoms in total. The molecule has 0 aliphatic rings. The number of thiophene rings is 1. The van der Waals surface area contributed by atoms with Crippen LogP contribution in [0, 0.1) is 11.3 Å². The molecular weight excluding hydrogens is 332 g/mol. The highest BCUT2D eigenvalue weighted by atomic mass is 32.1. The first kappa shape index (κ1) is 15.6. The normalized spacial score (nSPS) is 11.0. The number of nitriles is 1. The molecule has 0 spiro atoms. The van der Waals surface area contributed by atoms with Gasteiger partial charge in [-0.1, -0.05) is 18.2 Å². The largest absolute Gasteiger partial charge is 0.493 e. The van der Waals surface area contributed by atoms with Gasteiger partial charge in [0.15, 0.2) is 11.5 Å². The topological polar surface area (TPSA) is 47.2 Å². The van der Waals surface area contributed by atoms with Crippen molar-refractivity contribution in [2.75, 3.05) is 14.2 Å². The van der Waals surface area contributed by atoms with Crippen molar-refractivity contribution in [3.63, 3.8) is 0 Å². The average Bonchev–Trinajstić information content (AvgIpc) is 3.17. The van der Waals surface area contributed by atoms with E-state index < -0.39 is 0 Å². The van der Waals surface area contributed by atoms with E-state index in [2.05, 4.69) is 29.0 Å². The number of benzene rings is 2. The summed E-state index contributed by atoms with van der Waals surface area (Å²) in [5.41, 5.74) is 2.90. The Morgan fingerprint density at radius 1 is 1.04 bits per heavy atom. The number of fused-ring (bicyclic) bond motifs is 2. The van der Waals surface area contributed by atoms with Crippen LogP contribution in [0.5, 0.6) is 11.5 Å². The highest BCUT2D eigenvalue weighted by Gasteiger charge is 2.19. The Kier molecular flexibility index (Phi) is 3.63. The summed E-state index contributed by atoms with van der Waals surface area (Å²) in [6, 6.07) is 14.4.